The van der Waals surface area contributed by atoms with Gasteiger partial charge in [0.25, 0.3) is 0 Å². The van der Waals surface area contributed by atoms with Gasteiger partial charge in [0, 0.05) is 12.6 Å². The standard InChI is InChI=1S/C4H11NO.C4H6O2/c1-5(2)3-4-6;1-3-4(5)6-2/h6H,3-4H2,1-2H3;3H,1H2,2H3. The Kier molecular flexibility index (Phi) is 11.6. The van der Waals surface area contributed by atoms with Crippen LogP contribution in [0.1, 0.15) is 0 Å². The van der Waals surface area contributed by atoms with Gasteiger partial charge in [0.1, 0.15) is 0 Å². The number of carbonyl (C=O) groups excluding carboxylic acids is 1. The topological polar surface area (TPSA) is 49.8 Å². The molecule has 0 saturated carbocycles. The van der Waals surface area contributed by atoms with Crippen molar-refractivity contribution in [3.63, 3.8) is 0 Å². The van der Waals surface area contributed by atoms with Crippen LogP contribution in [0.15, 0.2) is 12.7 Å². The summed E-state index contributed by atoms with van der Waals surface area (Å²) in [7, 11) is 5.16. The van der Waals surface area contributed by atoms with E-state index < -0.39 is 5.97 Å². The van der Waals surface area contributed by atoms with E-state index in [9.17, 15) is 4.79 Å². The average Bonchev–Trinajstić information content (AvgIpc) is 2.04. The second kappa shape index (κ2) is 10.1. The number of esters is 1. The Labute approximate surface area is 73.4 Å². The summed E-state index contributed by atoms with van der Waals surface area (Å²) >= 11 is 0. The first kappa shape index (κ1) is 13.7. The van der Waals surface area contributed by atoms with E-state index in [-0.39, 0.29) is 6.61 Å². The van der Waals surface area contributed by atoms with Gasteiger partial charge in [-0.3, -0.25) is 0 Å². The monoisotopic (exact) mass is 175 g/mol. The maximum absolute atomic E-state index is 9.84. The van der Waals surface area contributed by atoms with Gasteiger partial charge in [-0.15, -0.1) is 0 Å². The molecule has 0 radical (unpaired) electrons. The molecule has 0 aliphatic rings. The van der Waals surface area contributed by atoms with Gasteiger partial charge in [0.2, 0.25) is 0 Å². The largest absolute Gasteiger partial charge is 0.466 e. The van der Waals surface area contributed by atoms with E-state index in [0.717, 1.165) is 12.6 Å². The summed E-state index contributed by atoms with van der Waals surface area (Å²) in [4.78, 5) is 11.8. The molecule has 0 aromatic rings. The van der Waals surface area contributed by atoms with Crippen LogP contribution >= 0.6 is 0 Å². The molecule has 0 saturated heterocycles. The third-order valence-corrected chi connectivity index (χ3v) is 0.915. The van der Waals surface area contributed by atoms with Crippen molar-refractivity contribution in [2.45, 2.75) is 0 Å². The fraction of sp³-hybridized carbons (Fsp3) is 0.625. The molecule has 0 fully saturated rings. The SMILES string of the molecule is C=CC(=O)OC.CN(C)CCO. The molecule has 4 heteroatoms. The number of aliphatic hydroxyl groups excluding tert-OH is 1. The van der Waals surface area contributed by atoms with E-state index in [1.54, 1.807) is 0 Å². The summed E-state index contributed by atoms with van der Waals surface area (Å²) in [6.45, 7) is 4.18. The molecule has 72 valence electrons. The Morgan fingerprint density at radius 2 is 2.17 bits per heavy atom. The molecule has 0 aliphatic heterocycles. The van der Waals surface area contributed by atoms with Crippen LogP contribution in [-0.4, -0.2) is 50.3 Å². The number of aliphatic hydroxyl groups is 1. The zero-order chi connectivity index (χ0) is 9.98. The van der Waals surface area contributed by atoms with Gasteiger partial charge in [-0.2, -0.15) is 0 Å². The molecule has 0 aliphatic carbocycles. The Morgan fingerprint density at radius 1 is 1.67 bits per heavy atom. The molecular weight excluding hydrogens is 158 g/mol. The third kappa shape index (κ3) is 16.1. The molecule has 0 spiro atoms. The first-order valence-electron chi connectivity index (χ1n) is 3.54. The lowest BCUT2D eigenvalue weighted by Crippen LogP contribution is -2.15. The Balaban J connectivity index is 0. The fourth-order valence-corrected chi connectivity index (χ4v) is 0.283. The van der Waals surface area contributed by atoms with Gasteiger partial charge in [0.15, 0.2) is 0 Å². The molecule has 0 aromatic heterocycles. The maximum atomic E-state index is 9.84. The van der Waals surface area contributed by atoms with E-state index in [1.165, 1.54) is 7.11 Å². The van der Waals surface area contributed by atoms with Crippen molar-refractivity contribution in [1.82, 2.24) is 4.90 Å². The molecule has 0 amide bonds. The molecule has 12 heavy (non-hydrogen) atoms. The van der Waals surface area contributed by atoms with Crippen LogP contribution in [0.2, 0.25) is 0 Å². The number of rotatable bonds is 3. The van der Waals surface area contributed by atoms with Gasteiger partial charge in [-0.1, -0.05) is 6.58 Å². The van der Waals surface area contributed by atoms with E-state index in [2.05, 4.69) is 11.3 Å². The summed E-state index contributed by atoms with van der Waals surface area (Å²) in [5, 5.41) is 8.20. The highest BCUT2D eigenvalue weighted by atomic mass is 16.5. The Bertz CT molecular complexity index is 123. The number of carbonyl (C=O) groups is 1. The highest BCUT2D eigenvalue weighted by Crippen LogP contribution is 1.67. The first-order chi connectivity index (χ1) is 5.58. The van der Waals surface area contributed by atoms with Crippen molar-refractivity contribution in [3.05, 3.63) is 12.7 Å². The van der Waals surface area contributed by atoms with Gasteiger partial charge in [-0.05, 0) is 14.1 Å². The van der Waals surface area contributed by atoms with Crippen LogP contribution in [0.5, 0.6) is 0 Å². The number of likely N-dealkylation sites (N-methyl/N-ethyl adjacent to an activating group) is 1. The quantitative estimate of drug-likeness (QED) is 0.480. The van der Waals surface area contributed by atoms with Crippen LogP contribution in [0.4, 0.5) is 0 Å². The van der Waals surface area contributed by atoms with Gasteiger partial charge in [0.05, 0.1) is 13.7 Å². The van der Waals surface area contributed by atoms with Crippen molar-refractivity contribution < 1.29 is 14.6 Å². The lowest BCUT2D eigenvalue weighted by Gasteiger charge is -2.03. The summed E-state index contributed by atoms with van der Waals surface area (Å²) in [6, 6.07) is 0. The van der Waals surface area contributed by atoms with Crippen LogP contribution in [0.3, 0.4) is 0 Å². The third-order valence-electron chi connectivity index (χ3n) is 0.915. The fourth-order valence-electron chi connectivity index (χ4n) is 0.283. The molecule has 0 unspecified atom stereocenters. The van der Waals surface area contributed by atoms with Crippen molar-refractivity contribution >= 4 is 5.97 Å². The smallest absolute Gasteiger partial charge is 0.329 e. The lowest BCUT2D eigenvalue weighted by atomic mass is 10.6. The van der Waals surface area contributed by atoms with E-state index in [1.807, 2.05) is 19.0 Å². The van der Waals surface area contributed by atoms with Crippen LogP contribution in [0, 0.1) is 0 Å². The van der Waals surface area contributed by atoms with Gasteiger partial charge < -0.3 is 14.7 Å². The number of nitrogens with zero attached hydrogens (tertiary/aromatic N) is 1. The Morgan fingerprint density at radius 3 is 2.17 bits per heavy atom. The number of hydrogen-bond donors (Lipinski definition) is 1. The van der Waals surface area contributed by atoms with E-state index >= 15 is 0 Å². The molecule has 0 heterocycles. The van der Waals surface area contributed by atoms with Crippen molar-refractivity contribution in [1.29, 1.82) is 0 Å². The highest BCUT2D eigenvalue weighted by molar-refractivity contribution is 5.80. The van der Waals surface area contributed by atoms with Crippen molar-refractivity contribution in [2.24, 2.45) is 0 Å². The molecule has 0 aromatic carbocycles. The van der Waals surface area contributed by atoms with Crippen LogP contribution in [-0.2, 0) is 9.53 Å². The van der Waals surface area contributed by atoms with Crippen molar-refractivity contribution in [2.75, 3.05) is 34.4 Å². The predicted molar refractivity (Wildman–Crippen MR) is 47.9 cm³/mol. The first-order valence-corrected chi connectivity index (χ1v) is 3.54. The van der Waals surface area contributed by atoms with Gasteiger partial charge in [-0.25, -0.2) is 4.79 Å². The normalized spacial score (nSPS) is 8.42. The van der Waals surface area contributed by atoms with E-state index in [0.29, 0.717) is 0 Å². The second-order valence-corrected chi connectivity index (χ2v) is 2.25. The minimum absolute atomic E-state index is 0.257. The number of methoxy groups -OCH3 is 1. The molecule has 0 bridgehead atoms. The van der Waals surface area contributed by atoms with Gasteiger partial charge >= 0.3 is 5.97 Å². The molecule has 1 N–H and O–H groups in total. The summed E-state index contributed by atoms with van der Waals surface area (Å²) in [5.74, 6) is -0.394. The maximum Gasteiger partial charge on any atom is 0.329 e. The second-order valence-electron chi connectivity index (χ2n) is 2.25. The summed E-state index contributed by atoms with van der Waals surface area (Å²) in [6.07, 6.45) is 1.11. The molecule has 4 nitrogen and oxygen atoms in total. The number of ether oxygens (including phenoxy) is 1. The van der Waals surface area contributed by atoms with Crippen LogP contribution < -0.4 is 0 Å². The molecule has 0 rings (SSSR count). The molecular formula is C8H17NO3. The van der Waals surface area contributed by atoms with Crippen LogP contribution in [0.25, 0.3) is 0 Å². The Hall–Kier alpha value is -0.870. The zero-order valence-electron chi connectivity index (χ0n) is 7.91. The average molecular weight is 175 g/mol. The highest BCUT2D eigenvalue weighted by Gasteiger charge is 1.82. The minimum Gasteiger partial charge on any atom is -0.466 e. The summed E-state index contributed by atoms with van der Waals surface area (Å²) in [5.41, 5.74) is 0. The van der Waals surface area contributed by atoms with E-state index in [4.69, 9.17) is 5.11 Å². The molecule has 0 atom stereocenters. The summed E-state index contributed by atoms with van der Waals surface area (Å²) < 4.78 is 4.14. The lowest BCUT2D eigenvalue weighted by molar-refractivity contribution is -0.134. The zero-order valence-corrected chi connectivity index (χ0v) is 7.91. The minimum atomic E-state index is -0.394. The van der Waals surface area contributed by atoms with Crippen molar-refractivity contribution in [3.8, 4) is 0 Å². The predicted octanol–water partition coefficient (Wildman–Crippen LogP) is -0.114. The number of hydrogen-bond acceptors (Lipinski definition) is 4.